The predicted octanol–water partition coefficient (Wildman–Crippen LogP) is 1.26. The van der Waals surface area contributed by atoms with Gasteiger partial charge in [0.05, 0.1) is 17.8 Å². The molecule has 0 aliphatic rings. The molecular weight excluding hydrogens is 259 g/mol. The molecule has 2 N–H and O–H groups in total. The maximum Gasteiger partial charge on any atom is 0.390 e. The van der Waals surface area contributed by atoms with Gasteiger partial charge in [-0.1, -0.05) is 0 Å². The second kappa shape index (κ2) is 4.65. The van der Waals surface area contributed by atoms with Crippen LogP contribution in [0, 0.1) is 13.8 Å². The average molecular weight is 271 g/mol. The summed E-state index contributed by atoms with van der Waals surface area (Å²) in [7, 11) is -3.94. The summed E-state index contributed by atoms with van der Waals surface area (Å²) in [6.07, 6.45) is -5.59. The lowest BCUT2D eigenvalue weighted by molar-refractivity contribution is -0.132. The first-order valence-corrected chi connectivity index (χ1v) is 6.20. The molecule has 0 aliphatic carbocycles. The number of alkyl halides is 3. The molecule has 0 unspecified atom stereocenters. The Morgan fingerprint density at radius 1 is 1.35 bits per heavy atom. The van der Waals surface area contributed by atoms with E-state index in [1.165, 1.54) is 13.8 Å². The Morgan fingerprint density at radius 3 is 2.35 bits per heavy atom. The summed E-state index contributed by atoms with van der Waals surface area (Å²) >= 11 is 0. The Hall–Kier alpha value is -1.09. The van der Waals surface area contributed by atoms with Crippen molar-refractivity contribution in [3.63, 3.8) is 0 Å². The Balaban J connectivity index is 2.77. The van der Waals surface area contributed by atoms with Gasteiger partial charge in [0, 0.05) is 6.54 Å². The summed E-state index contributed by atoms with van der Waals surface area (Å²) in [6.45, 7) is 2.26. The van der Waals surface area contributed by atoms with Crippen LogP contribution < -0.4 is 4.72 Å². The summed E-state index contributed by atoms with van der Waals surface area (Å²) in [4.78, 5) is -0.0975. The maximum absolute atomic E-state index is 11.9. The van der Waals surface area contributed by atoms with E-state index in [-0.39, 0.29) is 10.6 Å². The van der Waals surface area contributed by atoms with Gasteiger partial charge in [-0.25, -0.2) is 13.1 Å². The van der Waals surface area contributed by atoms with E-state index >= 15 is 0 Å². The highest BCUT2D eigenvalue weighted by molar-refractivity contribution is 7.89. The highest BCUT2D eigenvalue weighted by Gasteiger charge is 2.28. The number of nitrogens with zero attached hydrogens (tertiary/aromatic N) is 1. The van der Waals surface area contributed by atoms with Crippen LogP contribution in [0.25, 0.3) is 0 Å². The minimum Gasteiger partial charge on any atom is -0.281 e. The fourth-order valence-electron chi connectivity index (χ4n) is 1.34. The van der Waals surface area contributed by atoms with Crippen molar-refractivity contribution in [1.82, 2.24) is 14.9 Å². The number of aromatic nitrogens is 2. The molecule has 0 aliphatic heterocycles. The highest BCUT2D eigenvalue weighted by atomic mass is 32.2. The number of sulfonamides is 1. The van der Waals surface area contributed by atoms with Crippen LogP contribution in [0.3, 0.4) is 0 Å². The van der Waals surface area contributed by atoms with Crippen LogP contribution in [0.2, 0.25) is 0 Å². The molecule has 0 saturated carbocycles. The fraction of sp³-hybridized carbons (Fsp3) is 0.625. The van der Waals surface area contributed by atoms with Crippen LogP contribution in [0.15, 0.2) is 4.90 Å². The Bertz CT molecular complexity index is 473. The zero-order valence-corrected chi connectivity index (χ0v) is 10.0. The smallest absolute Gasteiger partial charge is 0.281 e. The van der Waals surface area contributed by atoms with E-state index in [1.807, 2.05) is 4.72 Å². The van der Waals surface area contributed by atoms with E-state index in [9.17, 15) is 21.6 Å². The largest absolute Gasteiger partial charge is 0.390 e. The van der Waals surface area contributed by atoms with E-state index in [1.54, 1.807) is 0 Å². The first-order chi connectivity index (χ1) is 7.63. The van der Waals surface area contributed by atoms with Crippen molar-refractivity contribution in [1.29, 1.82) is 0 Å². The molecule has 17 heavy (non-hydrogen) atoms. The number of nitrogens with one attached hydrogen (secondary N) is 2. The van der Waals surface area contributed by atoms with Gasteiger partial charge in [-0.15, -0.1) is 0 Å². The SMILES string of the molecule is Cc1n[nH]c(C)c1S(=O)(=O)NCCC(F)(F)F. The molecule has 1 rings (SSSR count). The summed E-state index contributed by atoms with van der Waals surface area (Å²) in [5.74, 6) is 0. The summed E-state index contributed by atoms with van der Waals surface area (Å²) < 4.78 is 60.9. The highest BCUT2D eigenvalue weighted by Crippen LogP contribution is 2.20. The third-order valence-corrected chi connectivity index (χ3v) is 3.75. The minimum atomic E-state index is -4.39. The van der Waals surface area contributed by atoms with Crippen LogP contribution in [-0.4, -0.2) is 31.3 Å². The van der Waals surface area contributed by atoms with Crippen molar-refractivity contribution in [2.24, 2.45) is 0 Å². The number of aromatic amines is 1. The lowest BCUT2D eigenvalue weighted by Gasteiger charge is -2.08. The third kappa shape index (κ3) is 3.70. The average Bonchev–Trinajstić information content (AvgIpc) is 2.43. The van der Waals surface area contributed by atoms with E-state index in [2.05, 4.69) is 10.2 Å². The minimum absolute atomic E-state index is 0.0975. The third-order valence-electron chi connectivity index (χ3n) is 2.03. The monoisotopic (exact) mass is 271 g/mol. The lowest BCUT2D eigenvalue weighted by Crippen LogP contribution is -2.28. The summed E-state index contributed by atoms with van der Waals surface area (Å²) in [6, 6.07) is 0. The van der Waals surface area contributed by atoms with Crippen LogP contribution in [0.4, 0.5) is 13.2 Å². The van der Waals surface area contributed by atoms with Gasteiger partial charge in [0.15, 0.2) is 0 Å². The molecule has 0 fully saturated rings. The topological polar surface area (TPSA) is 74.8 Å². The molecule has 0 radical (unpaired) electrons. The van der Waals surface area contributed by atoms with Crippen molar-refractivity contribution in [3.05, 3.63) is 11.4 Å². The summed E-state index contributed by atoms with van der Waals surface area (Å²) in [5.41, 5.74) is 0.518. The van der Waals surface area contributed by atoms with Gasteiger partial charge >= 0.3 is 6.18 Å². The van der Waals surface area contributed by atoms with Crippen molar-refractivity contribution >= 4 is 10.0 Å². The Kier molecular flexibility index (Phi) is 3.82. The van der Waals surface area contributed by atoms with Crippen molar-refractivity contribution in [2.45, 2.75) is 31.3 Å². The molecule has 9 heteroatoms. The van der Waals surface area contributed by atoms with Crippen molar-refractivity contribution in [3.8, 4) is 0 Å². The van der Waals surface area contributed by atoms with Crippen LogP contribution in [0.1, 0.15) is 17.8 Å². The normalized spacial score (nSPS) is 13.0. The van der Waals surface area contributed by atoms with Crippen molar-refractivity contribution in [2.75, 3.05) is 6.54 Å². The van der Waals surface area contributed by atoms with E-state index in [0.717, 1.165) is 0 Å². The van der Waals surface area contributed by atoms with Gasteiger partial charge in [0.1, 0.15) is 4.90 Å². The Labute approximate surface area is 96.5 Å². The molecule has 0 spiro atoms. The standard InChI is InChI=1S/C8H12F3N3O2S/c1-5-7(6(2)14-13-5)17(15,16)12-4-3-8(9,10)11/h12H,3-4H2,1-2H3,(H,13,14). The van der Waals surface area contributed by atoms with Gasteiger partial charge in [0.2, 0.25) is 10.0 Å². The molecule has 1 heterocycles. The quantitative estimate of drug-likeness (QED) is 0.865. The number of aryl methyl sites for hydroxylation is 2. The molecule has 0 amide bonds. The first-order valence-electron chi connectivity index (χ1n) is 4.71. The Morgan fingerprint density at radius 2 is 1.94 bits per heavy atom. The second-order valence-electron chi connectivity index (χ2n) is 3.53. The van der Waals surface area contributed by atoms with Crippen molar-refractivity contribution < 1.29 is 21.6 Å². The number of H-pyrrole nitrogens is 1. The van der Waals surface area contributed by atoms with E-state index < -0.39 is 29.2 Å². The molecule has 98 valence electrons. The van der Waals surface area contributed by atoms with Crippen LogP contribution in [0.5, 0.6) is 0 Å². The van der Waals surface area contributed by atoms with E-state index in [0.29, 0.717) is 5.69 Å². The number of halogens is 3. The molecule has 0 bridgehead atoms. The van der Waals surface area contributed by atoms with E-state index in [4.69, 9.17) is 0 Å². The lowest BCUT2D eigenvalue weighted by atomic mass is 10.4. The van der Waals surface area contributed by atoms with Gasteiger partial charge in [-0.05, 0) is 13.8 Å². The van der Waals surface area contributed by atoms with Crippen LogP contribution >= 0.6 is 0 Å². The molecule has 0 atom stereocenters. The summed E-state index contributed by atoms with van der Waals surface area (Å²) in [5, 5.41) is 6.13. The fourth-order valence-corrected chi connectivity index (χ4v) is 2.73. The zero-order valence-electron chi connectivity index (χ0n) is 9.22. The van der Waals surface area contributed by atoms with Gasteiger partial charge < -0.3 is 0 Å². The zero-order chi connectivity index (χ0) is 13.3. The molecule has 0 saturated heterocycles. The molecule has 1 aromatic heterocycles. The molecular formula is C8H12F3N3O2S. The number of rotatable bonds is 4. The predicted molar refractivity (Wildman–Crippen MR) is 53.9 cm³/mol. The first kappa shape index (κ1) is 14.0. The second-order valence-corrected chi connectivity index (χ2v) is 5.23. The molecule has 1 aromatic rings. The number of hydrogen-bond donors (Lipinski definition) is 2. The molecule has 0 aromatic carbocycles. The maximum atomic E-state index is 11.9. The van der Waals surface area contributed by atoms with Gasteiger partial charge in [-0.3, -0.25) is 5.10 Å². The van der Waals surface area contributed by atoms with Gasteiger partial charge in [-0.2, -0.15) is 18.3 Å². The molecule has 5 nitrogen and oxygen atoms in total. The van der Waals surface area contributed by atoms with Crippen LogP contribution in [-0.2, 0) is 10.0 Å². The number of hydrogen-bond acceptors (Lipinski definition) is 3. The van der Waals surface area contributed by atoms with Gasteiger partial charge in [0.25, 0.3) is 0 Å².